The quantitative estimate of drug-likeness (QED) is 0.151. The zero-order chi connectivity index (χ0) is 34.5. The lowest BCUT2D eigenvalue weighted by atomic mass is 10.1. The number of carbonyl (C=O) groups is 2. The van der Waals surface area contributed by atoms with Gasteiger partial charge in [0.05, 0.1) is 18.8 Å². The van der Waals surface area contributed by atoms with Crippen molar-refractivity contribution in [3.05, 3.63) is 33.1 Å². The van der Waals surface area contributed by atoms with Gasteiger partial charge >= 0.3 is 17.8 Å². The molecule has 0 aromatic carbocycles. The normalized spacial score (nSPS) is 31.0. The van der Waals surface area contributed by atoms with Crippen molar-refractivity contribution in [3.8, 4) is 0 Å². The SMILES string of the molecule is NC[C@H]1O[C@@H](O[C@@H](CN2CCN(CC(=O)N3CCCC3)CC2)[C@@H]2C[C@@H](O)[C@H](n3ccc(=O)[nH]c3=O)O2)[C@H](O)[C@@H]1O.O=C(O)C(F)(F)F. The van der Waals surface area contributed by atoms with Crippen molar-refractivity contribution in [1.82, 2.24) is 24.3 Å². The molecule has 0 unspecified atom stereocenters. The van der Waals surface area contributed by atoms with E-state index in [-0.39, 0.29) is 18.9 Å². The molecule has 8 atom stereocenters. The van der Waals surface area contributed by atoms with Crippen LogP contribution in [0.5, 0.6) is 0 Å². The summed E-state index contributed by atoms with van der Waals surface area (Å²) in [7, 11) is 0. The number of H-pyrrole nitrogens is 1. The number of nitrogens with two attached hydrogens (primary N) is 1. The van der Waals surface area contributed by atoms with Gasteiger partial charge in [-0.15, -0.1) is 0 Å². The Morgan fingerprint density at radius 3 is 2.19 bits per heavy atom. The van der Waals surface area contributed by atoms with Gasteiger partial charge in [0.2, 0.25) is 5.91 Å². The summed E-state index contributed by atoms with van der Waals surface area (Å²) < 4.78 is 50.8. The first-order valence-electron chi connectivity index (χ1n) is 15.2. The molecule has 5 heterocycles. The van der Waals surface area contributed by atoms with Crippen LogP contribution in [0.3, 0.4) is 0 Å². The number of aliphatic hydroxyl groups is 3. The van der Waals surface area contributed by atoms with E-state index in [9.17, 15) is 42.9 Å². The number of likely N-dealkylation sites (tertiary alicyclic amines) is 1. The van der Waals surface area contributed by atoms with Gasteiger partial charge in [-0.2, -0.15) is 13.2 Å². The van der Waals surface area contributed by atoms with E-state index >= 15 is 0 Å². The Hall–Kier alpha value is -2.95. The fraction of sp³-hybridized carbons (Fsp3) is 0.778. The predicted molar refractivity (Wildman–Crippen MR) is 153 cm³/mol. The highest BCUT2D eigenvalue weighted by Crippen LogP contribution is 2.33. The van der Waals surface area contributed by atoms with Crippen LogP contribution in [0, 0.1) is 0 Å². The Morgan fingerprint density at radius 1 is 1.02 bits per heavy atom. The van der Waals surface area contributed by atoms with Crippen LogP contribution in [-0.4, -0.2) is 165 Å². The zero-order valence-electron chi connectivity index (χ0n) is 25.4. The topological polar surface area (TPSA) is 233 Å². The van der Waals surface area contributed by atoms with Crippen LogP contribution < -0.4 is 17.0 Å². The number of halogens is 3. The molecular weight excluding hydrogens is 641 g/mol. The number of aromatic nitrogens is 2. The number of piperazine rings is 1. The average Bonchev–Trinajstić information content (AvgIpc) is 3.75. The number of aliphatic hydroxyl groups excluding tert-OH is 3. The highest BCUT2D eigenvalue weighted by Gasteiger charge is 2.47. The van der Waals surface area contributed by atoms with Crippen molar-refractivity contribution in [3.63, 3.8) is 0 Å². The maximum absolute atomic E-state index is 12.6. The number of rotatable bonds is 9. The summed E-state index contributed by atoms with van der Waals surface area (Å²) in [6.07, 6.45) is -9.60. The molecule has 1 aromatic heterocycles. The first kappa shape index (κ1) is 36.9. The molecule has 4 saturated heterocycles. The molecular formula is C27H41F3N6O11. The molecule has 0 spiro atoms. The Kier molecular flexibility index (Phi) is 12.5. The molecule has 0 radical (unpaired) electrons. The van der Waals surface area contributed by atoms with Gasteiger partial charge in [0.25, 0.3) is 5.56 Å². The molecule has 20 heteroatoms. The standard InChI is InChI=1S/C25H40N6O9.C2HF3O2/c26-12-17-21(35)22(36)24(39-17)40-18(16-11-15(32)23(38-16)31-6-3-19(33)27-25(31)37)13-28-7-9-29(10-8-28)14-20(34)30-4-1-2-5-30;3-2(4,5)1(6)7/h3,6,15-18,21-24,32,35-36H,1-2,4-5,7-14,26H2,(H,27,33,37);(H,6,7)/t15-,16+,17-,18+,21-,22-,23-,24+;/m1./s1. The molecule has 0 bridgehead atoms. The lowest BCUT2D eigenvalue weighted by molar-refractivity contribution is -0.218. The number of aromatic amines is 1. The Bertz CT molecular complexity index is 1320. The van der Waals surface area contributed by atoms with Crippen LogP contribution in [0.2, 0.25) is 0 Å². The molecule has 0 saturated carbocycles. The molecule has 1 aromatic rings. The van der Waals surface area contributed by atoms with Crippen LogP contribution in [0.25, 0.3) is 0 Å². The summed E-state index contributed by atoms with van der Waals surface area (Å²) in [5.41, 5.74) is 4.38. The maximum Gasteiger partial charge on any atom is 0.490 e. The minimum atomic E-state index is -5.08. The molecule has 0 aliphatic carbocycles. The van der Waals surface area contributed by atoms with E-state index in [1.54, 1.807) is 0 Å². The van der Waals surface area contributed by atoms with Crippen molar-refractivity contribution >= 4 is 11.9 Å². The maximum atomic E-state index is 12.6. The summed E-state index contributed by atoms with van der Waals surface area (Å²) in [6, 6.07) is 1.17. The minimum absolute atomic E-state index is 0.00327. The van der Waals surface area contributed by atoms with Gasteiger partial charge in [0.1, 0.15) is 24.4 Å². The fourth-order valence-electron chi connectivity index (χ4n) is 5.88. The molecule has 4 aliphatic rings. The van der Waals surface area contributed by atoms with Crippen LogP contribution in [-0.2, 0) is 23.8 Å². The second-order valence-corrected chi connectivity index (χ2v) is 11.8. The van der Waals surface area contributed by atoms with Gasteiger partial charge in [-0.05, 0) is 12.8 Å². The Morgan fingerprint density at radius 2 is 1.64 bits per heavy atom. The van der Waals surface area contributed by atoms with Gasteiger partial charge in [0.15, 0.2) is 12.5 Å². The van der Waals surface area contributed by atoms with E-state index in [4.69, 9.17) is 29.8 Å². The highest BCUT2D eigenvalue weighted by atomic mass is 19.4. The molecule has 1 amide bonds. The third kappa shape index (κ3) is 9.57. The summed E-state index contributed by atoms with van der Waals surface area (Å²) in [6.45, 7) is 5.09. The van der Waals surface area contributed by atoms with Crippen LogP contribution in [0.4, 0.5) is 13.2 Å². The Balaban J connectivity index is 0.000000644. The van der Waals surface area contributed by atoms with Crippen LogP contribution in [0.15, 0.2) is 21.9 Å². The van der Waals surface area contributed by atoms with Gasteiger partial charge in [-0.1, -0.05) is 0 Å². The van der Waals surface area contributed by atoms with Gasteiger partial charge in [-0.3, -0.25) is 28.9 Å². The van der Waals surface area contributed by atoms with E-state index in [0.717, 1.165) is 30.5 Å². The highest BCUT2D eigenvalue weighted by molar-refractivity contribution is 5.78. The molecule has 47 heavy (non-hydrogen) atoms. The molecule has 266 valence electrons. The molecule has 17 nitrogen and oxygen atoms in total. The Labute approximate surface area is 266 Å². The van der Waals surface area contributed by atoms with Crippen LogP contribution >= 0.6 is 0 Å². The lowest BCUT2D eigenvalue weighted by Gasteiger charge is -2.38. The largest absolute Gasteiger partial charge is 0.490 e. The first-order valence-corrected chi connectivity index (χ1v) is 15.2. The summed E-state index contributed by atoms with van der Waals surface area (Å²) in [5, 5.41) is 38.7. The van der Waals surface area contributed by atoms with Crippen molar-refractivity contribution in [2.75, 3.05) is 58.9 Å². The number of hydrogen-bond donors (Lipinski definition) is 6. The summed E-state index contributed by atoms with van der Waals surface area (Å²) in [5.74, 6) is -2.60. The number of hydrogen-bond acceptors (Lipinski definition) is 13. The third-order valence-electron chi connectivity index (χ3n) is 8.48. The van der Waals surface area contributed by atoms with E-state index in [2.05, 4.69) is 14.8 Å². The summed E-state index contributed by atoms with van der Waals surface area (Å²) >= 11 is 0. The van der Waals surface area contributed by atoms with Crippen molar-refractivity contribution in [1.29, 1.82) is 0 Å². The van der Waals surface area contributed by atoms with E-state index < -0.39 is 72.5 Å². The van der Waals surface area contributed by atoms with Crippen molar-refractivity contribution in [2.45, 2.75) is 74.6 Å². The van der Waals surface area contributed by atoms with E-state index in [1.807, 2.05) is 4.90 Å². The van der Waals surface area contributed by atoms with Crippen LogP contribution in [0.1, 0.15) is 25.5 Å². The number of ether oxygens (including phenoxy) is 3. The first-order chi connectivity index (χ1) is 22.2. The number of aliphatic carboxylic acids is 1. The van der Waals surface area contributed by atoms with Crippen molar-refractivity contribution in [2.24, 2.45) is 5.73 Å². The second-order valence-electron chi connectivity index (χ2n) is 11.8. The number of alkyl halides is 3. The molecule has 5 rings (SSSR count). The second kappa shape index (κ2) is 16.0. The van der Waals surface area contributed by atoms with Gasteiger partial charge in [-0.25, -0.2) is 9.59 Å². The van der Waals surface area contributed by atoms with Gasteiger partial charge < -0.3 is 45.3 Å². The number of amides is 1. The summed E-state index contributed by atoms with van der Waals surface area (Å²) in [4.78, 5) is 53.7. The predicted octanol–water partition coefficient (Wildman–Crippen LogP) is -3.15. The molecule has 4 fully saturated rings. The zero-order valence-corrected chi connectivity index (χ0v) is 25.4. The smallest absolute Gasteiger partial charge is 0.475 e. The number of carboxylic acids is 1. The van der Waals surface area contributed by atoms with Crippen molar-refractivity contribution < 1.29 is 57.4 Å². The minimum Gasteiger partial charge on any atom is -0.475 e. The monoisotopic (exact) mass is 682 g/mol. The van der Waals surface area contributed by atoms with E-state index in [1.165, 1.54) is 12.3 Å². The fourth-order valence-corrected chi connectivity index (χ4v) is 5.88. The average molecular weight is 683 g/mol. The third-order valence-corrected chi connectivity index (χ3v) is 8.48. The van der Waals surface area contributed by atoms with Gasteiger partial charge in [0, 0.05) is 71.0 Å². The lowest BCUT2D eigenvalue weighted by Crippen LogP contribution is -2.53. The number of nitrogens with one attached hydrogen (secondary N) is 1. The number of carbonyl (C=O) groups excluding carboxylic acids is 1. The molecule has 4 aliphatic heterocycles. The number of carboxylic acid groups (broad SMARTS) is 1. The van der Waals surface area contributed by atoms with E-state index in [0.29, 0.717) is 39.3 Å². The number of nitrogens with zero attached hydrogens (tertiary/aromatic N) is 4. The molecule has 7 N–H and O–H groups in total.